The molecule has 16 atom stereocenters. The van der Waals surface area contributed by atoms with E-state index < -0.39 is 48.4 Å². The molecule has 5 fully saturated rings. The number of rotatable bonds is 14. The molecular weight excluding hydrogens is 688 g/mol. The van der Waals surface area contributed by atoms with Crippen molar-refractivity contribution in [2.75, 3.05) is 13.2 Å². The summed E-state index contributed by atoms with van der Waals surface area (Å²) in [4.78, 5) is 11.6. The predicted molar refractivity (Wildman–Crippen MR) is 182 cm³/mol. The SMILES string of the molecule is CCOC1CC(N=NC2C(SOOO)CC3CCC(N=NC4CCC(O)CC4O)CC3C2O)C(OCC)CC1N=NC1CCC(O)C(C(=O)O)C1. The highest BCUT2D eigenvalue weighted by Crippen LogP contribution is 2.46. The summed E-state index contributed by atoms with van der Waals surface area (Å²) >= 11 is 0.912. The molecule has 0 aromatic rings. The minimum atomic E-state index is -1.03. The van der Waals surface area contributed by atoms with E-state index in [1.54, 1.807) is 0 Å². The summed E-state index contributed by atoms with van der Waals surface area (Å²) in [5.74, 6) is -1.84. The van der Waals surface area contributed by atoms with Crippen LogP contribution in [-0.2, 0) is 23.6 Å². The summed E-state index contributed by atoms with van der Waals surface area (Å²) in [6, 6.07) is -2.14. The Balaban J connectivity index is 1.27. The van der Waals surface area contributed by atoms with Gasteiger partial charge in [-0.05, 0) is 83.5 Å². The fraction of sp³-hybridized carbons (Fsp3) is 0.970. The van der Waals surface area contributed by atoms with E-state index in [0.717, 1.165) is 24.9 Å². The molecule has 16 unspecified atom stereocenters. The number of ether oxygens (including phenoxy) is 2. The van der Waals surface area contributed by atoms with Crippen LogP contribution in [0.5, 0.6) is 0 Å². The lowest BCUT2D eigenvalue weighted by Crippen LogP contribution is -2.51. The molecule has 0 aromatic carbocycles. The highest BCUT2D eigenvalue weighted by atomic mass is 32.2. The number of aliphatic hydroxyl groups excluding tert-OH is 4. The van der Waals surface area contributed by atoms with Gasteiger partial charge >= 0.3 is 5.97 Å². The molecule has 0 spiro atoms. The number of nitrogens with zero attached hydrogens (tertiary/aromatic N) is 6. The Kier molecular flexibility index (Phi) is 15.5. The molecule has 51 heavy (non-hydrogen) atoms. The van der Waals surface area contributed by atoms with E-state index in [9.17, 15) is 30.3 Å². The second kappa shape index (κ2) is 19.5. The molecule has 5 aliphatic rings. The van der Waals surface area contributed by atoms with Gasteiger partial charge in [0.25, 0.3) is 0 Å². The van der Waals surface area contributed by atoms with Crippen LogP contribution in [0, 0.1) is 17.8 Å². The number of fused-ring (bicyclic) bond motifs is 1. The van der Waals surface area contributed by atoms with E-state index >= 15 is 0 Å². The molecule has 0 aliphatic heterocycles. The lowest BCUT2D eigenvalue weighted by molar-refractivity contribution is -0.432. The van der Waals surface area contributed by atoms with Crippen LogP contribution in [0.25, 0.3) is 0 Å². The number of azo groups is 3. The smallest absolute Gasteiger partial charge is 0.309 e. The number of carbonyl (C=O) groups is 1. The Bertz CT molecular complexity index is 1190. The number of hydrogen-bond acceptors (Lipinski definition) is 17. The zero-order valence-electron chi connectivity index (χ0n) is 29.5. The van der Waals surface area contributed by atoms with Gasteiger partial charge in [-0.15, -0.1) is 4.33 Å². The molecule has 0 saturated heterocycles. The van der Waals surface area contributed by atoms with Gasteiger partial charge in [0, 0.05) is 44.5 Å². The first-order chi connectivity index (χ1) is 24.6. The summed E-state index contributed by atoms with van der Waals surface area (Å²) < 4.78 is 17.1. The van der Waals surface area contributed by atoms with Crippen molar-refractivity contribution in [3.05, 3.63) is 0 Å². The maximum Gasteiger partial charge on any atom is 0.309 e. The van der Waals surface area contributed by atoms with Crippen LogP contribution in [0.3, 0.4) is 0 Å². The lowest BCUT2D eigenvalue weighted by atomic mass is 9.66. The fourth-order valence-corrected chi connectivity index (χ4v) is 9.46. The van der Waals surface area contributed by atoms with Gasteiger partial charge in [0.2, 0.25) is 0 Å². The van der Waals surface area contributed by atoms with Crippen molar-refractivity contribution >= 4 is 18.0 Å². The monoisotopic (exact) mass is 744 g/mol. The summed E-state index contributed by atoms with van der Waals surface area (Å²) in [6.45, 7) is 4.68. The Morgan fingerprint density at radius 1 is 0.686 bits per heavy atom. The molecule has 0 radical (unpaired) electrons. The molecule has 0 bridgehead atoms. The molecule has 0 amide bonds. The number of carboxylic acids is 1. The average Bonchev–Trinajstić information content (AvgIpc) is 3.11. The Labute approximate surface area is 302 Å². The van der Waals surface area contributed by atoms with Crippen molar-refractivity contribution in [3.63, 3.8) is 0 Å². The van der Waals surface area contributed by atoms with Gasteiger partial charge in [-0.2, -0.15) is 30.7 Å². The van der Waals surface area contributed by atoms with Gasteiger partial charge in [-0.3, -0.25) is 4.79 Å². The van der Waals surface area contributed by atoms with E-state index in [4.69, 9.17) is 29.3 Å². The van der Waals surface area contributed by atoms with Crippen LogP contribution in [0.4, 0.5) is 0 Å². The quantitative estimate of drug-likeness (QED) is 0.0641. The van der Waals surface area contributed by atoms with Crippen molar-refractivity contribution in [3.8, 4) is 0 Å². The highest BCUT2D eigenvalue weighted by molar-refractivity contribution is 7.95. The fourth-order valence-electron chi connectivity index (χ4n) is 8.67. The molecule has 290 valence electrons. The first kappa shape index (κ1) is 40.4. The molecule has 5 rings (SSSR count). The molecule has 6 N–H and O–H groups in total. The van der Waals surface area contributed by atoms with Crippen molar-refractivity contribution in [1.29, 1.82) is 0 Å². The van der Waals surface area contributed by atoms with Gasteiger partial charge in [0.15, 0.2) is 0 Å². The second-order valence-electron chi connectivity index (χ2n) is 14.8. The van der Waals surface area contributed by atoms with E-state index in [2.05, 4.69) is 25.5 Å². The Morgan fingerprint density at radius 3 is 1.94 bits per heavy atom. The number of carboxylic acid groups (broad SMARTS) is 1. The topological polar surface area (TPSA) is 250 Å². The number of hydrogen-bond donors (Lipinski definition) is 6. The molecular formula is C33H56N6O11S. The van der Waals surface area contributed by atoms with Crippen LogP contribution in [-0.4, -0.2) is 128 Å². The predicted octanol–water partition coefficient (Wildman–Crippen LogP) is 3.93. The molecule has 0 aromatic heterocycles. The molecule has 17 nitrogen and oxygen atoms in total. The van der Waals surface area contributed by atoms with Crippen molar-refractivity contribution in [2.24, 2.45) is 48.4 Å². The summed E-state index contributed by atoms with van der Waals surface area (Å²) in [5.41, 5.74) is 0. The van der Waals surface area contributed by atoms with Gasteiger partial charge < -0.3 is 35.0 Å². The van der Waals surface area contributed by atoms with Crippen LogP contribution in [0.1, 0.15) is 90.9 Å². The average molecular weight is 745 g/mol. The van der Waals surface area contributed by atoms with Crippen LogP contribution >= 0.6 is 12.0 Å². The Morgan fingerprint density at radius 2 is 1.31 bits per heavy atom. The summed E-state index contributed by atoms with van der Waals surface area (Å²) in [7, 11) is 0. The van der Waals surface area contributed by atoms with Gasteiger partial charge in [0.05, 0.1) is 78.0 Å². The normalized spacial score (nSPS) is 43.9. The third-order valence-electron chi connectivity index (χ3n) is 11.4. The van der Waals surface area contributed by atoms with Gasteiger partial charge in [-0.1, -0.05) is 5.04 Å². The van der Waals surface area contributed by atoms with Crippen molar-refractivity contribution in [1.82, 2.24) is 0 Å². The van der Waals surface area contributed by atoms with Gasteiger partial charge in [-0.25, -0.2) is 5.26 Å². The zero-order chi connectivity index (χ0) is 36.5. The first-order valence-electron chi connectivity index (χ1n) is 18.6. The van der Waals surface area contributed by atoms with E-state index in [-0.39, 0.29) is 59.9 Å². The summed E-state index contributed by atoms with van der Waals surface area (Å²) in [5, 5.41) is 91.8. The van der Waals surface area contributed by atoms with E-state index in [1.165, 1.54) is 0 Å². The molecule has 0 heterocycles. The van der Waals surface area contributed by atoms with E-state index in [1.807, 2.05) is 13.8 Å². The lowest BCUT2D eigenvalue weighted by Gasteiger charge is -2.46. The number of aliphatic hydroxyl groups is 4. The first-order valence-corrected chi connectivity index (χ1v) is 19.4. The van der Waals surface area contributed by atoms with Crippen LogP contribution in [0.15, 0.2) is 30.7 Å². The minimum absolute atomic E-state index is 0.105. The largest absolute Gasteiger partial charge is 0.481 e. The maximum atomic E-state index is 11.8. The summed E-state index contributed by atoms with van der Waals surface area (Å²) in [6.07, 6.45) is 2.72. The van der Waals surface area contributed by atoms with Crippen LogP contribution < -0.4 is 0 Å². The van der Waals surface area contributed by atoms with Crippen LogP contribution in [0.2, 0.25) is 0 Å². The standard InChI is InChI=1S/C33H56N6O11S/c1-3-47-28-16-25(29(48-4-2)15-24(28)37-35-19-7-10-26(41)22(13-19)33(44)45)38-39-31-30(51-50-49-46)11-17-5-6-18(12-21(17)32(31)43)34-36-23-9-8-20(40)14-27(23)42/h17-32,40-43,46H,3-16H2,1-2H3,(H,44,45). The molecule has 5 aliphatic carbocycles. The van der Waals surface area contributed by atoms with E-state index in [0.29, 0.717) is 71.0 Å². The molecule has 5 saturated carbocycles. The molecule has 18 heteroatoms. The highest BCUT2D eigenvalue weighted by Gasteiger charge is 2.48. The van der Waals surface area contributed by atoms with Crippen molar-refractivity contribution < 1.29 is 54.4 Å². The third kappa shape index (κ3) is 10.7. The third-order valence-corrected chi connectivity index (χ3v) is 12.3. The van der Waals surface area contributed by atoms with Gasteiger partial charge in [0.1, 0.15) is 6.04 Å². The van der Waals surface area contributed by atoms with Crippen molar-refractivity contribution in [2.45, 2.75) is 169 Å². The second-order valence-corrected chi connectivity index (χ2v) is 15.7. The maximum absolute atomic E-state index is 11.8. The zero-order valence-corrected chi connectivity index (χ0v) is 30.3. The Hall–Kier alpha value is -1.74. The minimum Gasteiger partial charge on any atom is -0.481 e. The number of aliphatic carboxylic acids is 1.